The zero-order valence-corrected chi connectivity index (χ0v) is 6.35. The molecule has 0 aliphatic carbocycles. The van der Waals surface area contributed by atoms with Crippen molar-refractivity contribution in [3.8, 4) is 5.75 Å². The Balaban J connectivity index is 3.06. The first-order valence-corrected chi connectivity index (χ1v) is 3.20. The van der Waals surface area contributed by atoms with Gasteiger partial charge in [-0.05, 0) is 30.7 Å². The van der Waals surface area contributed by atoms with Gasteiger partial charge in [-0.15, -0.1) is 0 Å². The zero-order chi connectivity index (χ0) is 7.56. The Hall–Kier alpha value is -0.690. The Kier molecular flexibility index (Phi) is 2.17. The molecule has 1 rings (SSSR count). The van der Waals surface area contributed by atoms with Crippen molar-refractivity contribution >= 4 is 11.6 Å². The molecule has 1 aromatic rings. The smallest absolute Gasteiger partial charge is 0.120 e. The fourth-order valence-corrected chi connectivity index (χ4v) is 0.936. The van der Waals surface area contributed by atoms with Crippen molar-refractivity contribution in [2.45, 2.75) is 0 Å². The van der Waals surface area contributed by atoms with E-state index in [0.29, 0.717) is 16.3 Å². The van der Waals surface area contributed by atoms with E-state index in [9.17, 15) is 0 Å². The number of benzene rings is 1. The van der Waals surface area contributed by atoms with Crippen molar-refractivity contribution in [1.82, 2.24) is 0 Å². The lowest BCUT2D eigenvalue weighted by molar-refractivity contribution is 0.414. The molecule has 10 heavy (non-hydrogen) atoms. The first-order valence-electron chi connectivity index (χ1n) is 2.82. The van der Waals surface area contributed by atoms with Crippen LogP contribution in [0.2, 0.25) is 5.02 Å². The minimum Gasteiger partial charge on any atom is -0.497 e. The van der Waals surface area contributed by atoms with Crippen molar-refractivity contribution in [3.63, 3.8) is 0 Å². The molecule has 0 aliphatic rings. The first kappa shape index (κ1) is 7.42. The van der Waals surface area contributed by atoms with E-state index in [0.717, 1.165) is 0 Å². The molecule has 0 saturated heterocycles. The van der Waals surface area contributed by atoms with Crippen LogP contribution in [0.3, 0.4) is 0 Å². The van der Waals surface area contributed by atoms with E-state index in [1.807, 2.05) is 0 Å². The summed E-state index contributed by atoms with van der Waals surface area (Å²) in [5.41, 5.74) is 0.615. The van der Waals surface area contributed by atoms with Crippen LogP contribution in [0.15, 0.2) is 18.2 Å². The lowest BCUT2D eigenvalue weighted by atomic mass is 10.2. The van der Waals surface area contributed by atoms with E-state index >= 15 is 0 Å². The van der Waals surface area contributed by atoms with Gasteiger partial charge < -0.3 is 4.74 Å². The predicted octanol–water partition coefficient (Wildman–Crippen LogP) is 2.41. The highest BCUT2D eigenvalue weighted by Crippen LogP contribution is 2.19. The molecule has 0 N–H and O–H groups in total. The van der Waals surface area contributed by atoms with Crippen molar-refractivity contribution in [2.24, 2.45) is 0 Å². The predicted molar refractivity (Wildman–Crippen MR) is 41.4 cm³/mol. The molecule has 0 aromatic heterocycles. The number of hydrogen-bond acceptors (Lipinski definition) is 1. The van der Waals surface area contributed by atoms with Gasteiger partial charge in [0.1, 0.15) is 5.75 Å². The first-order chi connectivity index (χ1) is 4.72. The third-order valence-corrected chi connectivity index (χ3v) is 1.35. The van der Waals surface area contributed by atoms with Gasteiger partial charge in [0.05, 0.1) is 7.11 Å². The summed E-state index contributed by atoms with van der Waals surface area (Å²) in [4.78, 5) is 0. The summed E-state index contributed by atoms with van der Waals surface area (Å²) in [5.74, 6) is 0.685. The fourth-order valence-electron chi connectivity index (χ4n) is 0.702. The van der Waals surface area contributed by atoms with Crippen LogP contribution >= 0.6 is 11.6 Å². The van der Waals surface area contributed by atoms with Gasteiger partial charge in [-0.2, -0.15) is 0 Å². The lowest BCUT2D eigenvalue weighted by Crippen LogP contribution is -1.82. The van der Waals surface area contributed by atoms with Crippen LogP contribution in [0.1, 0.15) is 5.56 Å². The van der Waals surface area contributed by atoms with Gasteiger partial charge in [-0.25, -0.2) is 0 Å². The van der Waals surface area contributed by atoms with Gasteiger partial charge in [0.25, 0.3) is 0 Å². The Morgan fingerprint density at radius 3 is 2.60 bits per heavy atom. The molecule has 2 radical (unpaired) electrons. The second-order valence-electron chi connectivity index (χ2n) is 1.92. The van der Waals surface area contributed by atoms with Crippen LogP contribution in [0.5, 0.6) is 5.75 Å². The van der Waals surface area contributed by atoms with Gasteiger partial charge in [0.2, 0.25) is 0 Å². The number of methoxy groups -OCH3 is 1. The van der Waals surface area contributed by atoms with Crippen molar-refractivity contribution < 1.29 is 4.74 Å². The highest BCUT2D eigenvalue weighted by Gasteiger charge is 1.94. The Labute approximate surface area is 65.6 Å². The van der Waals surface area contributed by atoms with Crippen LogP contribution in [-0.4, -0.2) is 7.11 Å². The maximum atomic E-state index is 5.67. The van der Waals surface area contributed by atoms with E-state index in [1.165, 1.54) is 0 Å². The standard InChI is InChI=1S/C8H7ClO/c1-6-3-7(9)5-8(4-6)10-2/h1,3-5H,2H3. The van der Waals surface area contributed by atoms with Crippen LogP contribution in [0.25, 0.3) is 0 Å². The SMILES string of the molecule is [CH]c1cc(Cl)cc(OC)c1. The van der Waals surface area contributed by atoms with Crippen LogP contribution in [0.4, 0.5) is 0 Å². The molecule has 1 aromatic carbocycles. The van der Waals surface area contributed by atoms with E-state index in [1.54, 1.807) is 25.3 Å². The lowest BCUT2D eigenvalue weighted by Gasteiger charge is -2.00. The molecule has 0 heterocycles. The summed E-state index contributed by atoms with van der Waals surface area (Å²) >= 11 is 5.67. The average molecular weight is 155 g/mol. The molecule has 0 spiro atoms. The van der Waals surface area contributed by atoms with E-state index < -0.39 is 0 Å². The molecule has 0 saturated carbocycles. The summed E-state index contributed by atoms with van der Waals surface area (Å²) in [5, 5.41) is 0.594. The average Bonchev–Trinajstić information content (AvgIpc) is 1.85. The molecule has 0 bridgehead atoms. The minimum atomic E-state index is 0.594. The quantitative estimate of drug-likeness (QED) is 0.604. The molecule has 0 amide bonds. The maximum absolute atomic E-state index is 5.67. The topological polar surface area (TPSA) is 9.23 Å². The molecule has 52 valence electrons. The molecular formula is C8H7ClO. The third kappa shape index (κ3) is 1.64. The van der Waals surface area contributed by atoms with E-state index in [2.05, 4.69) is 0 Å². The van der Waals surface area contributed by atoms with Gasteiger partial charge in [-0.1, -0.05) is 11.6 Å². The largest absolute Gasteiger partial charge is 0.497 e. The summed E-state index contributed by atoms with van der Waals surface area (Å²) in [6, 6.07) is 5.09. The van der Waals surface area contributed by atoms with Gasteiger partial charge in [0, 0.05) is 5.02 Å². The second-order valence-corrected chi connectivity index (χ2v) is 2.36. The Morgan fingerprint density at radius 1 is 1.40 bits per heavy atom. The summed E-state index contributed by atoms with van der Waals surface area (Å²) in [6.07, 6.45) is 0. The number of rotatable bonds is 1. The highest BCUT2D eigenvalue weighted by atomic mass is 35.5. The number of hydrogen-bond donors (Lipinski definition) is 0. The normalized spacial score (nSPS) is 9.50. The summed E-state index contributed by atoms with van der Waals surface area (Å²) in [7, 11) is 1.57. The third-order valence-electron chi connectivity index (χ3n) is 1.13. The van der Waals surface area contributed by atoms with Gasteiger partial charge >= 0.3 is 0 Å². The molecule has 1 nitrogen and oxygen atoms in total. The summed E-state index contributed by atoms with van der Waals surface area (Å²) < 4.78 is 4.91. The molecule has 2 heteroatoms. The Morgan fingerprint density at radius 2 is 2.10 bits per heavy atom. The Bertz CT molecular complexity index is 212. The van der Waals surface area contributed by atoms with Crippen LogP contribution < -0.4 is 4.74 Å². The number of ether oxygens (including phenoxy) is 1. The van der Waals surface area contributed by atoms with Crippen molar-refractivity contribution in [1.29, 1.82) is 0 Å². The maximum Gasteiger partial charge on any atom is 0.120 e. The molecular weight excluding hydrogens is 148 g/mol. The molecule has 0 fully saturated rings. The molecule has 0 unspecified atom stereocenters. The zero-order valence-electron chi connectivity index (χ0n) is 5.60. The highest BCUT2D eigenvalue weighted by molar-refractivity contribution is 6.30. The fraction of sp³-hybridized carbons (Fsp3) is 0.125. The van der Waals surface area contributed by atoms with E-state index in [4.69, 9.17) is 23.3 Å². The van der Waals surface area contributed by atoms with Gasteiger partial charge in [0.15, 0.2) is 0 Å². The van der Waals surface area contributed by atoms with Crippen molar-refractivity contribution in [2.75, 3.05) is 7.11 Å². The summed E-state index contributed by atoms with van der Waals surface area (Å²) in [6.45, 7) is 5.47. The minimum absolute atomic E-state index is 0.594. The monoisotopic (exact) mass is 154 g/mol. The second kappa shape index (κ2) is 2.93. The molecule has 0 aliphatic heterocycles. The molecule has 0 atom stereocenters. The number of halogens is 1. The van der Waals surface area contributed by atoms with Crippen LogP contribution in [-0.2, 0) is 0 Å². The van der Waals surface area contributed by atoms with E-state index in [-0.39, 0.29) is 0 Å². The van der Waals surface area contributed by atoms with Gasteiger partial charge in [-0.3, -0.25) is 0 Å². The van der Waals surface area contributed by atoms with Crippen LogP contribution in [0, 0.1) is 6.92 Å². The van der Waals surface area contributed by atoms with Crippen molar-refractivity contribution in [3.05, 3.63) is 35.7 Å².